The van der Waals surface area contributed by atoms with E-state index in [0.717, 1.165) is 17.8 Å². The van der Waals surface area contributed by atoms with Gasteiger partial charge in [-0.2, -0.15) is 0 Å². The molecule has 0 saturated heterocycles. The summed E-state index contributed by atoms with van der Waals surface area (Å²) in [4.78, 5) is 22.5. The number of amides is 2. The number of nitrogens with one attached hydrogen (secondary N) is 2. The summed E-state index contributed by atoms with van der Waals surface area (Å²) in [7, 11) is 0. The van der Waals surface area contributed by atoms with Crippen molar-refractivity contribution in [1.29, 1.82) is 0 Å². The van der Waals surface area contributed by atoms with Gasteiger partial charge in [-0.1, -0.05) is 0 Å². The van der Waals surface area contributed by atoms with Crippen LogP contribution in [0.15, 0.2) is 18.2 Å². The standard InChI is InChI=1S/C14H21N3O2/c1-3-16-11-6-7-12(10(2)9-11)14(19)17-8-4-5-13(15)18/h6-7,9,16H,3-5,8H2,1-2H3,(H2,15,18)(H,17,19). The number of hydrogen-bond acceptors (Lipinski definition) is 3. The molecule has 0 aliphatic carbocycles. The minimum atomic E-state index is -0.347. The number of rotatable bonds is 7. The second-order valence-electron chi connectivity index (χ2n) is 4.39. The lowest BCUT2D eigenvalue weighted by molar-refractivity contribution is -0.118. The maximum atomic E-state index is 11.9. The Morgan fingerprint density at radius 2 is 2.05 bits per heavy atom. The fourth-order valence-electron chi connectivity index (χ4n) is 1.79. The summed E-state index contributed by atoms with van der Waals surface area (Å²) in [6, 6.07) is 5.63. The predicted octanol–water partition coefficient (Wildman–Crippen LogP) is 1.42. The molecule has 0 aromatic heterocycles. The molecule has 104 valence electrons. The maximum Gasteiger partial charge on any atom is 0.251 e. The molecule has 0 unspecified atom stereocenters. The first-order chi connectivity index (χ1) is 9.04. The van der Waals surface area contributed by atoms with E-state index in [0.29, 0.717) is 24.9 Å². The Hall–Kier alpha value is -2.04. The molecule has 0 bridgehead atoms. The molecule has 0 saturated carbocycles. The third-order valence-corrected chi connectivity index (χ3v) is 2.74. The zero-order valence-electron chi connectivity index (χ0n) is 11.5. The Morgan fingerprint density at radius 1 is 1.32 bits per heavy atom. The molecule has 2 amide bonds. The highest BCUT2D eigenvalue weighted by Gasteiger charge is 2.08. The molecule has 0 atom stereocenters. The first-order valence-corrected chi connectivity index (χ1v) is 6.45. The van der Waals surface area contributed by atoms with Crippen LogP contribution in [-0.4, -0.2) is 24.9 Å². The zero-order valence-corrected chi connectivity index (χ0v) is 11.5. The maximum absolute atomic E-state index is 11.9. The molecule has 19 heavy (non-hydrogen) atoms. The average molecular weight is 263 g/mol. The van der Waals surface area contributed by atoms with Crippen LogP contribution in [0.1, 0.15) is 35.7 Å². The van der Waals surface area contributed by atoms with Gasteiger partial charge in [0, 0.05) is 30.8 Å². The summed E-state index contributed by atoms with van der Waals surface area (Å²) >= 11 is 0. The highest BCUT2D eigenvalue weighted by atomic mass is 16.2. The summed E-state index contributed by atoms with van der Waals surface area (Å²) in [6.45, 7) is 5.22. The van der Waals surface area contributed by atoms with Crippen molar-refractivity contribution in [3.8, 4) is 0 Å². The molecule has 0 heterocycles. The lowest BCUT2D eigenvalue weighted by Gasteiger charge is -2.10. The van der Waals surface area contributed by atoms with Crippen LogP contribution in [0.3, 0.4) is 0 Å². The Bertz CT molecular complexity index is 458. The van der Waals surface area contributed by atoms with Crippen LogP contribution in [0.2, 0.25) is 0 Å². The lowest BCUT2D eigenvalue weighted by atomic mass is 10.1. The molecule has 1 rings (SSSR count). The number of benzene rings is 1. The molecule has 0 fully saturated rings. The first-order valence-electron chi connectivity index (χ1n) is 6.45. The number of carbonyl (C=O) groups is 2. The van der Waals surface area contributed by atoms with E-state index in [9.17, 15) is 9.59 Å². The van der Waals surface area contributed by atoms with Crippen LogP contribution in [0.25, 0.3) is 0 Å². The van der Waals surface area contributed by atoms with Gasteiger partial charge in [0.05, 0.1) is 0 Å². The van der Waals surface area contributed by atoms with Crippen LogP contribution >= 0.6 is 0 Å². The van der Waals surface area contributed by atoms with E-state index in [1.807, 2.05) is 26.0 Å². The molecule has 4 N–H and O–H groups in total. The summed E-state index contributed by atoms with van der Waals surface area (Å²) in [5, 5.41) is 5.98. The average Bonchev–Trinajstić information content (AvgIpc) is 2.34. The molecule has 1 aromatic carbocycles. The van der Waals surface area contributed by atoms with Crippen molar-refractivity contribution in [2.75, 3.05) is 18.4 Å². The topological polar surface area (TPSA) is 84.2 Å². The second kappa shape index (κ2) is 7.41. The molecule has 0 aliphatic rings. The first kappa shape index (κ1) is 15.0. The largest absolute Gasteiger partial charge is 0.385 e. The van der Waals surface area contributed by atoms with Crippen LogP contribution in [0, 0.1) is 6.92 Å². The molecule has 5 heteroatoms. The van der Waals surface area contributed by atoms with Crippen molar-refractivity contribution in [2.24, 2.45) is 5.73 Å². The number of nitrogens with two attached hydrogens (primary N) is 1. The molecule has 0 aliphatic heterocycles. The lowest BCUT2D eigenvalue weighted by Crippen LogP contribution is -2.26. The highest BCUT2D eigenvalue weighted by molar-refractivity contribution is 5.96. The van der Waals surface area contributed by atoms with Gasteiger partial charge in [-0.3, -0.25) is 9.59 Å². The Kier molecular flexibility index (Phi) is 5.85. The molecular weight excluding hydrogens is 242 g/mol. The number of carbonyl (C=O) groups excluding carboxylic acids is 2. The number of primary amides is 1. The van der Waals surface area contributed by atoms with Gasteiger partial charge in [0.1, 0.15) is 0 Å². The molecule has 5 nitrogen and oxygen atoms in total. The van der Waals surface area contributed by atoms with Crippen LogP contribution in [-0.2, 0) is 4.79 Å². The normalized spacial score (nSPS) is 10.0. The van der Waals surface area contributed by atoms with E-state index in [4.69, 9.17) is 5.73 Å². The number of anilines is 1. The summed E-state index contributed by atoms with van der Waals surface area (Å²) in [6.07, 6.45) is 0.855. The minimum Gasteiger partial charge on any atom is -0.385 e. The monoisotopic (exact) mass is 263 g/mol. The van der Waals surface area contributed by atoms with Crippen molar-refractivity contribution in [3.63, 3.8) is 0 Å². The summed E-state index contributed by atoms with van der Waals surface area (Å²) < 4.78 is 0. The van der Waals surface area contributed by atoms with Crippen LogP contribution in [0.4, 0.5) is 5.69 Å². The van der Waals surface area contributed by atoms with E-state index in [-0.39, 0.29) is 11.8 Å². The van der Waals surface area contributed by atoms with Crippen molar-refractivity contribution in [1.82, 2.24) is 5.32 Å². The van der Waals surface area contributed by atoms with Crippen molar-refractivity contribution < 1.29 is 9.59 Å². The summed E-state index contributed by atoms with van der Waals surface area (Å²) in [5.41, 5.74) is 7.61. The van der Waals surface area contributed by atoms with Crippen LogP contribution in [0.5, 0.6) is 0 Å². The zero-order chi connectivity index (χ0) is 14.3. The Labute approximate surface area is 113 Å². The number of aryl methyl sites for hydroxylation is 1. The van der Waals surface area contributed by atoms with E-state index in [1.54, 1.807) is 6.07 Å². The Balaban J connectivity index is 2.54. The molecular formula is C14H21N3O2. The van der Waals surface area contributed by atoms with Gasteiger partial charge >= 0.3 is 0 Å². The van der Waals surface area contributed by atoms with Gasteiger partial charge < -0.3 is 16.4 Å². The van der Waals surface area contributed by atoms with E-state index < -0.39 is 0 Å². The second-order valence-corrected chi connectivity index (χ2v) is 4.39. The SMILES string of the molecule is CCNc1ccc(C(=O)NCCCC(N)=O)c(C)c1. The summed E-state index contributed by atoms with van der Waals surface area (Å²) in [5.74, 6) is -0.467. The highest BCUT2D eigenvalue weighted by Crippen LogP contribution is 2.15. The van der Waals surface area contributed by atoms with E-state index in [2.05, 4.69) is 10.6 Å². The third kappa shape index (κ3) is 4.99. The Morgan fingerprint density at radius 3 is 2.63 bits per heavy atom. The van der Waals surface area contributed by atoms with E-state index >= 15 is 0 Å². The predicted molar refractivity (Wildman–Crippen MR) is 76.1 cm³/mol. The molecule has 0 radical (unpaired) electrons. The number of hydrogen-bond donors (Lipinski definition) is 3. The minimum absolute atomic E-state index is 0.120. The van der Waals surface area contributed by atoms with Crippen molar-refractivity contribution in [3.05, 3.63) is 29.3 Å². The van der Waals surface area contributed by atoms with Gasteiger partial charge in [0.15, 0.2) is 0 Å². The fraction of sp³-hybridized carbons (Fsp3) is 0.429. The third-order valence-electron chi connectivity index (χ3n) is 2.74. The van der Waals surface area contributed by atoms with Gasteiger partial charge in [0.25, 0.3) is 5.91 Å². The smallest absolute Gasteiger partial charge is 0.251 e. The van der Waals surface area contributed by atoms with Crippen LogP contribution < -0.4 is 16.4 Å². The molecule has 0 spiro atoms. The quantitative estimate of drug-likeness (QED) is 0.650. The van der Waals surface area contributed by atoms with Gasteiger partial charge in [-0.15, -0.1) is 0 Å². The van der Waals surface area contributed by atoms with Gasteiger partial charge in [-0.25, -0.2) is 0 Å². The van der Waals surface area contributed by atoms with Crippen molar-refractivity contribution >= 4 is 17.5 Å². The van der Waals surface area contributed by atoms with Gasteiger partial charge in [-0.05, 0) is 44.0 Å². The van der Waals surface area contributed by atoms with Crippen molar-refractivity contribution in [2.45, 2.75) is 26.7 Å². The fourth-order valence-corrected chi connectivity index (χ4v) is 1.79. The molecule has 1 aromatic rings. The van der Waals surface area contributed by atoms with E-state index in [1.165, 1.54) is 0 Å². The van der Waals surface area contributed by atoms with Gasteiger partial charge in [0.2, 0.25) is 5.91 Å².